The number of halogens is 1. The molecule has 0 aliphatic rings. The fourth-order valence-corrected chi connectivity index (χ4v) is 4.74. The lowest BCUT2D eigenvalue weighted by atomic mass is 10.1. The number of alkyl carbamates (subject to hydrolysis) is 2. The number of ether oxygens (including phenoxy) is 2. The van der Waals surface area contributed by atoms with Gasteiger partial charge in [0.25, 0.3) is 0 Å². The van der Waals surface area contributed by atoms with Gasteiger partial charge < -0.3 is 20.1 Å². The van der Waals surface area contributed by atoms with Gasteiger partial charge in [-0.1, -0.05) is 139 Å². The Kier molecular flexibility index (Phi) is 18.5. The molecular formula is C40H47BrN10O4. The van der Waals surface area contributed by atoms with Crippen LogP contribution < -0.4 is 10.6 Å². The second-order valence-corrected chi connectivity index (χ2v) is 12.8. The summed E-state index contributed by atoms with van der Waals surface area (Å²) in [6, 6.07) is 34.9. The van der Waals surface area contributed by atoms with Gasteiger partial charge in [0.1, 0.15) is 13.2 Å². The predicted molar refractivity (Wildman–Crippen MR) is 214 cm³/mol. The number of carbonyl (C=O) groups is 2. The van der Waals surface area contributed by atoms with Crippen LogP contribution in [0, 0.1) is 0 Å². The van der Waals surface area contributed by atoms with Gasteiger partial charge >= 0.3 is 12.2 Å². The molecule has 0 bridgehead atoms. The van der Waals surface area contributed by atoms with E-state index in [0.717, 1.165) is 58.1 Å². The first-order valence-corrected chi connectivity index (χ1v) is 19.2. The molecule has 2 heterocycles. The normalized spacial score (nSPS) is 10.2. The topological polar surface area (TPSA) is 175 Å². The summed E-state index contributed by atoms with van der Waals surface area (Å²) in [6.45, 7) is 6.53. The van der Waals surface area contributed by atoms with Gasteiger partial charge in [0.05, 0.1) is 6.54 Å². The maximum Gasteiger partial charge on any atom is 0.407 e. The van der Waals surface area contributed by atoms with E-state index >= 15 is 0 Å². The average molecular weight is 812 g/mol. The van der Waals surface area contributed by atoms with Crippen LogP contribution in [0.4, 0.5) is 9.59 Å². The van der Waals surface area contributed by atoms with Gasteiger partial charge in [-0.15, -0.1) is 20.4 Å². The fraction of sp³-hybridized carbons (Fsp3) is 0.300. The molecule has 0 unspecified atom stereocenters. The van der Waals surface area contributed by atoms with E-state index in [4.69, 9.17) is 9.47 Å². The Labute approximate surface area is 329 Å². The number of aromatic nitrogens is 8. The smallest absolute Gasteiger partial charge is 0.407 e. The first-order chi connectivity index (χ1) is 27.0. The van der Waals surface area contributed by atoms with E-state index in [9.17, 15) is 9.59 Å². The first kappa shape index (κ1) is 41.8. The Morgan fingerprint density at radius 1 is 0.655 bits per heavy atom. The van der Waals surface area contributed by atoms with Crippen molar-refractivity contribution in [2.75, 3.05) is 18.4 Å². The molecule has 0 aliphatic carbocycles. The van der Waals surface area contributed by atoms with Gasteiger partial charge in [-0.25, -0.2) is 9.59 Å². The fourth-order valence-electron chi connectivity index (χ4n) is 4.74. The summed E-state index contributed by atoms with van der Waals surface area (Å²) in [5, 5.41) is 32.9. The van der Waals surface area contributed by atoms with Crippen LogP contribution in [-0.2, 0) is 42.1 Å². The lowest BCUT2D eigenvalue weighted by Crippen LogP contribution is -2.26. The van der Waals surface area contributed by atoms with Crippen LogP contribution in [-0.4, -0.2) is 71.4 Å². The van der Waals surface area contributed by atoms with Crippen molar-refractivity contribution < 1.29 is 19.1 Å². The number of alkyl halides is 1. The maximum atomic E-state index is 11.7. The van der Waals surface area contributed by atoms with Crippen molar-refractivity contribution in [3.8, 4) is 22.8 Å². The highest BCUT2D eigenvalue weighted by Crippen LogP contribution is 2.16. The predicted octanol–water partition coefficient (Wildman–Crippen LogP) is 7.35. The van der Waals surface area contributed by atoms with Gasteiger partial charge in [-0.05, 0) is 58.4 Å². The van der Waals surface area contributed by atoms with Crippen LogP contribution in [0.1, 0.15) is 48.9 Å². The largest absolute Gasteiger partial charge is 0.445 e. The average Bonchev–Trinajstić information content (AvgIpc) is 3.95. The third kappa shape index (κ3) is 15.9. The lowest BCUT2D eigenvalue weighted by Gasteiger charge is -2.07. The molecule has 0 atom stereocenters. The molecule has 6 rings (SSSR count). The molecule has 0 fully saturated rings. The highest BCUT2D eigenvalue weighted by Gasteiger charge is 2.07. The number of hydrogen-bond donors (Lipinski definition) is 3. The molecule has 2 amide bonds. The number of hydrogen-bond acceptors (Lipinski definition) is 10. The second-order valence-electron chi connectivity index (χ2n) is 12.0. The highest BCUT2D eigenvalue weighted by molar-refractivity contribution is 9.09. The van der Waals surface area contributed by atoms with Gasteiger partial charge in [-0.2, -0.15) is 10.0 Å². The van der Waals surface area contributed by atoms with Crippen molar-refractivity contribution in [2.24, 2.45) is 0 Å². The third-order valence-corrected chi connectivity index (χ3v) is 8.42. The number of tetrazole rings is 2. The van der Waals surface area contributed by atoms with Crippen LogP contribution >= 0.6 is 15.9 Å². The molecule has 6 aromatic rings. The van der Waals surface area contributed by atoms with Gasteiger partial charge in [0, 0.05) is 29.5 Å². The summed E-state index contributed by atoms with van der Waals surface area (Å²) in [6.07, 6.45) is 2.81. The highest BCUT2D eigenvalue weighted by atomic mass is 79.9. The van der Waals surface area contributed by atoms with E-state index in [1.165, 1.54) is 6.42 Å². The van der Waals surface area contributed by atoms with Crippen molar-refractivity contribution in [3.63, 3.8) is 0 Å². The van der Waals surface area contributed by atoms with Crippen LogP contribution in [0.25, 0.3) is 22.8 Å². The van der Waals surface area contributed by atoms with Crippen molar-refractivity contribution in [3.05, 3.63) is 131 Å². The third-order valence-electron chi connectivity index (χ3n) is 7.63. The monoisotopic (exact) mass is 810 g/mol. The number of carbonyl (C=O) groups excluding carboxylic acids is 2. The van der Waals surface area contributed by atoms with Crippen molar-refractivity contribution in [1.82, 2.24) is 51.5 Å². The zero-order valence-electron chi connectivity index (χ0n) is 31.1. The molecule has 0 spiro atoms. The Balaban J connectivity index is 0.000000224. The molecule has 4 aromatic carbocycles. The van der Waals surface area contributed by atoms with Gasteiger partial charge in [0.2, 0.25) is 11.6 Å². The zero-order valence-corrected chi connectivity index (χ0v) is 32.7. The number of H-pyrrole nitrogens is 1. The lowest BCUT2D eigenvalue weighted by molar-refractivity contribution is 0.139. The maximum absolute atomic E-state index is 11.7. The molecule has 0 radical (unpaired) electrons. The minimum atomic E-state index is -0.415. The number of amides is 2. The first-order valence-electron chi connectivity index (χ1n) is 18.1. The number of benzene rings is 4. The minimum Gasteiger partial charge on any atom is -0.445 e. The number of aromatic amines is 1. The molecule has 0 aliphatic heterocycles. The molecule has 2 aromatic heterocycles. The van der Waals surface area contributed by atoms with Gasteiger partial charge in [0.15, 0.2) is 0 Å². The quantitative estimate of drug-likeness (QED) is 0.0890. The van der Waals surface area contributed by atoms with Crippen LogP contribution in [0.3, 0.4) is 0 Å². The summed E-state index contributed by atoms with van der Waals surface area (Å²) in [7, 11) is 0. The van der Waals surface area contributed by atoms with Crippen LogP contribution in [0.5, 0.6) is 0 Å². The summed E-state index contributed by atoms with van der Waals surface area (Å²) in [5.41, 5.74) is 5.96. The molecular weight excluding hydrogens is 764 g/mol. The summed E-state index contributed by atoms with van der Waals surface area (Å²) < 4.78 is 10.3. The van der Waals surface area contributed by atoms with Crippen molar-refractivity contribution in [2.45, 2.75) is 59.3 Å². The van der Waals surface area contributed by atoms with E-state index in [1.807, 2.05) is 109 Å². The van der Waals surface area contributed by atoms with Crippen LogP contribution in [0.15, 0.2) is 109 Å². The molecule has 55 heavy (non-hydrogen) atoms. The number of nitrogens with one attached hydrogen (secondary N) is 3. The van der Waals surface area contributed by atoms with Crippen molar-refractivity contribution >= 4 is 28.1 Å². The second kappa shape index (κ2) is 24.4. The molecule has 288 valence electrons. The van der Waals surface area contributed by atoms with E-state index in [0.29, 0.717) is 31.2 Å². The summed E-state index contributed by atoms with van der Waals surface area (Å²) in [4.78, 5) is 25.0. The van der Waals surface area contributed by atoms with E-state index in [-0.39, 0.29) is 13.2 Å². The minimum absolute atomic E-state index is 0.270. The summed E-state index contributed by atoms with van der Waals surface area (Å²) >= 11 is 3.25. The zero-order chi connectivity index (χ0) is 38.9. The van der Waals surface area contributed by atoms with Gasteiger partial charge in [-0.3, -0.25) is 0 Å². The molecule has 0 saturated carbocycles. The van der Waals surface area contributed by atoms with E-state index in [2.05, 4.69) is 76.4 Å². The Bertz CT molecular complexity index is 1920. The molecule has 14 nitrogen and oxygen atoms in total. The summed E-state index contributed by atoms with van der Waals surface area (Å²) in [5.74, 6) is 1.18. The van der Waals surface area contributed by atoms with Crippen LogP contribution in [0.2, 0.25) is 0 Å². The van der Waals surface area contributed by atoms with E-state index < -0.39 is 12.2 Å². The Morgan fingerprint density at radius 2 is 1.15 bits per heavy atom. The Hall–Kier alpha value is -5.96. The van der Waals surface area contributed by atoms with E-state index in [1.54, 1.807) is 4.80 Å². The Morgan fingerprint density at radius 3 is 1.58 bits per heavy atom. The standard InChI is InChI=1S/C20H23N5O2.C17H17N5O2.C3H7Br/c1-2-14-25-23-19(22-24-25)18-10-8-16(9-11-18)12-13-21-20(26)27-15-17-6-4-3-5-7-17;23-17(24-12-14-4-2-1-3-5-14)18-11-10-13-6-8-15(9-7-13)16-19-21-22-20-16;1-2-3-4/h3-11H,2,12-15H2,1H3,(H,21,26);1-9H,10-12H2,(H,18,23)(H,19,20,21,22);2-3H2,1H3. The molecule has 15 heteroatoms. The van der Waals surface area contributed by atoms with Crippen molar-refractivity contribution in [1.29, 1.82) is 0 Å². The number of aryl methyl sites for hydroxylation is 1. The SMILES string of the molecule is CCCBr.CCCn1nnc(-c2ccc(CCNC(=O)OCc3ccccc3)cc2)n1.O=C(NCCc1ccc(-c2nn[nH]n2)cc1)OCc1ccccc1. The number of rotatable bonds is 15. The molecule has 3 N–H and O–H groups in total. The number of nitrogens with zero attached hydrogens (tertiary/aromatic N) is 7. The molecule has 0 saturated heterocycles.